The summed E-state index contributed by atoms with van der Waals surface area (Å²) in [5, 5.41) is 22.9. The highest BCUT2D eigenvalue weighted by Crippen LogP contribution is 2.44. The van der Waals surface area contributed by atoms with E-state index < -0.39 is 17.6 Å². The number of ether oxygens (including phenoxy) is 1. The molecule has 0 saturated heterocycles. The van der Waals surface area contributed by atoms with E-state index in [-0.39, 0.29) is 29.5 Å². The summed E-state index contributed by atoms with van der Waals surface area (Å²) in [5.41, 5.74) is 4.83. The maximum absolute atomic E-state index is 12.3. The summed E-state index contributed by atoms with van der Waals surface area (Å²) in [6.07, 6.45) is -0.685. The molecule has 0 radical (unpaired) electrons. The van der Waals surface area contributed by atoms with Crippen LogP contribution in [-0.2, 0) is 11.3 Å². The second-order valence-electron chi connectivity index (χ2n) is 6.71. The summed E-state index contributed by atoms with van der Waals surface area (Å²) in [4.78, 5) is 22.6. The number of aliphatic hydroxyl groups is 1. The predicted molar refractivity (Wildman–Crippen MR) is 108 cm³/mol. The minimum Gasteiger partial charge on any atom is -0.448 e. The van der Waals surface area contributed by atoms with Crippen LogP contribution < -0.4 is 5.32 Å². The Labute approximate surface area is 166 Å². The minimum absolute atomic E-state index is 0.0673. The van der Waals surface area contributed by atoms with Crippen LogP contribution in [0.3, 0.4) is 0 Å². The maximum Gasteiger partial charge on any atom is 0.411 e. The molecule has 0 spiro atoms. The molecule has 1 amide bonds. The Morgan fingerprint density at radius 1 is 1.03 bits per heavy atom. The number of aliphatic hydroxyl groups excluding tert-OH is 1. The summed E-state index contributed by atoms with van der Waals surface area (Å²) < 4.78 is 5.46. The first-order chi connectivity index (χ1) is 14.1. The number of nitrogens with zero attached hydrogens (tertiary/aromatic N) is 1. The fourth-order valence-corrected chi connectivity index (χ4v) is 3.69. The van der Waals surface area contributed by atoms with Crippen molar-refractivity contribution in [1.29, 1.82) is 0 Å². The van der Waals surface area contributed by atoms with Gasteiger partial charge in [-0.05, 0) is 28.3 Å². The zero-order valence-corrected chi connectivity index (χ0v) is 15.4. The van der Waals surface area contributed by atoms with Gasteiger partial charge < -0.3 is 9.84 Å². The quantitative estimate of drug-likeness (QED) is 0.495. The molecule has 29 heavy (non-hydrogen) atoms. The van der Waals surface area contributed by atoms with Crippen molar-refractivity contribution in [3.05, 3.63) is 93.5 Å². The molecule has 4 rings (SSSR count). The van der Waals surface area contributed by atoms with Gasteiger partial charge in [0.05, 0.1) is 17.2 Å². The molecule has 0 heterocycles. The van der Waals surface area contributed by atoms with E-state index >= 15 is 0 Å². The molecule has 0 saturated carbocycles. The van der Waals surface area contributed by atoms with E-state index in [9.17, 15) is 20.0 Å². The van der Waals surface area contributed by atoms with Crippen LogP contribution in [0, 0.1) is 10.1 Å². The average molecular weight is 390 g/mol. The Morgan fingerprint density at radius 2 is 1.66 bits per heavy atom. The van der Waals surface area contributed by atoms with Crippen LogP contribution in [0.2, 0.25) is 0 Å². The molecule has 0 aliphatic heterocycles. The SMILES string of the molecule is O=C(Nc1ccc([N+](=O)[O-])cc1CO)OCC1c2ccccc2-c2ccccc21. The van der Waals surface area contributed by atoms with Crippen LogP contribution in [0.25, 0.3) is 11.1 Å². The first-order valence-corrected chi connectivity index (χ1v) is 9.08. The van der Waals surface area contributed by atoms with E-state index in [0.29, 0.717) is 0 Å². The fourth-order valence-electron chi connectivity index (χ4n) is 3.69. The number of nitro benzene ring substituents is 1. The summed E-state index contributed by atoms with van der Waals surface area (Å²) in [6, 6.07) is 19.9. The number of nitrogens with one attached hydrogen (secondary N) is 1. The lowest BCUT2D eigenvalue weighted by molar-refractivity contribution is -0.384. The Morgan fingerprint density at radius 3 is 2.24 bits per heavy atom. The van der Waals surface area contributed by atoms with Gasteiger partial charge >= 0.3 is 6.09 Å². The highest BCUT2D eigenvalue weighted by atomic mass is 16.6. The Balaban J connectivity index is 1.49. The van der Waals surface area contributed by atoms with Crippen molar-refractivity contribution < 1.29 is 19.6 Å². The molecular formula is C22H18N2O5. The Kier molecular flexibility index (Phi) is 4.97. The molecule has 1 aliphatic carbocycles. The van der Waals surface area contributed by atoms with Gasteiger partial charge in [0, 0.05) is 23.6 Å². The van der Waals surface area contributed by atoms with Crippen LogP contribution in [0.15, 0.2) is 66.7 Å². The molecule has 2 N–H and O–H groups in total. The smallest absolute Gasteiger partial charge is 0.411 e. The van der Waals surface area contributed by atoms with Gasteiger partial charge in [0.15, 0.2) is 0 Å². The molecule has 0 fully saturated rings. The van der Waals surface area contributed by atoms with Gasteiger partial charge in [-0.3, -0.25) is 15.4 Å². The normalized spacial score (nSPS) is 12.2. The number of fused-ring (bicyclic) bond motifs is 3. The second kappa shape index (κ2) is 7.73. The first-order valence-electron chi connectivity index (χ1n) is 9.08. The standard InChI is InChI=1S/C22H18N2O5/c25-12-14-11-15(24(27)28)9-10-21(14)23-22(26)29-13-20-18-7-3-1-5-16(18)17-6-2-4-8-19(17)20/h1-11,20,25H,12-13H2,(H,23,26). The highest BCUT2D eigenvalue weighted by Gasteiger charge is 2.29. The second-order valence-corrected chi connectivity index (χ2v) is 6.71. The van der Waals surface area contributed by atoms with E-state index in [2.05, 4.69) is 17.4 Å². The topological polar surface area (TPSA) is 102 Å². The third-order valence-electron chi connectivity index (χ3n) is 5.05. The van der Waals surface area contributed by atoms with Gasteiger partial charge in [-0.15, -0.1) is 0 Å². The third-order valence-corrected chi connectivity index (χ3v) is 5.05. The lowest BCUT2D eigenvalue weighted by Crippen LogP contribution is -2.18. The van der Waals surface area contributed by atoms with Crippen LogP contribution in [0.5, 0.6) is 0 Å². The molecule has 0 aromatic heterocycles. The lowest BCUT2D eigenvalue weighted by Gasteiger charge is -2.15. The van der Waals surface area contributed by atoms with Crippen molar-refractivity contribution in [3.8, 4) is 11.1 Å². The number of hydrogen-bond acceptors (Lipinski definition) is 5. The van der Waals surface area contributed by atoms with Crippen LogP contribution in [0.1, 0.15) is 22.6 Å². The molecule has 0 bridgehead atoms. The van der Waals surface area contributed by atoms with E-state index in [4.69, 9.17) is 4.74 Å². The van der Waals surface area contributed by atoms with Crippen LogP contribution >= 0.6 is 0 Å². The highest BCUT2D eigenvalue weighted by molar-refractivity contribution is 5.86. The van der Waals surface area contributed by atoms with Crippen molar-refractivity contribution in [2.75, 3.05) is 11.9 Å². The average Bonchev–Trinajstić information content (AvgIpc) is 3.06. The first kappa shape index (κ1) is 18.6. The lowest BCUT2D eigenvalue weighted by atomic mass is 9.98. The number of rotatable bonds is 5. The monoisotopic (exact) mass is 390 g/mol. The largest absolute Gasteiger partial charge is 0.448 e. The van der Waals surface area contributed by atoms with E-state index in [0.717, 1.165) is 22.3 Å². The van der Waals surface area contributed by atoms with Crippen molar-refractivity contribution in [2.24, 2.45) is 0 Å². The number of carbonyl (C=O) groups excluding carboxylic acids is 1. The van der Waals surface area contributed by atoms with Gasteiger partial charge in [-0.1, -0.05) is 48.5 Å². The van der Waals surface area contributed by atoms with E-state index in [1.807, 2.05) is 36.4 Å². The molecule has 0 atom stereocenters. The molecular weight excluding hydrogens is 372 g/mol. The summed E-state index contributed by atoms with van der Waals surface area (Å²) in [6.45, 7) is -0.290. The van der Waals surface area contributed by atoms with E-state index in [1.54, 1.807) is 0 Å². The molecule has 146 valence electrons. The number of carbonyl (C=O) groups is 1. The Hall–Kier alpha value is -3.71. The predicted octanol–water partition coefficient (Wildman–Crippen LogP) is 4.45. The van der Waals surface area contributed by atoms with Gasteiger partial charge in [-0.25, -0.2) is 4.79 Å². The van der Waals surface area contributed by atoms with Gasteiger partial charge in [0.1, 0.15) is 6.61 Å². The molecule has 3 aromatic rings. The fraction of sp³-hybridized carbons (Fsp3) is 0.136. The van der Waals surface area contributed by atoms with Crippen LogP contribution in [-0.4, -0.2) is 22.7 Å². The van der Waals surface area contributed by atoms with Gasteiger partial charge in [0.2, 0.25) is 0 Å². The number of benzene rings is 3. The zero-order valence-electron chi connectivity index (χ0n) is 15.4. The molecule has 7 nitrogen and oxygen atoms in total. The van der Waals surface area contributed by atoms with Gasteiger partial charge in [-0.2, -0.15) is 0 Å². The number of nitro groups is 1. The van der Waals surface area contributed by atoms with Crippen molar-refractivity contribution in [2.45, 2.75) is 12.5 Å². The van der Waals surface area contributed by atoms with Crippen molar-refractivity contribution >= 4 is 17.5 Å². The number of non-ortho nitro benzene ring substituents is 1. The molecule has 1 aliphatic rings. The van der Waals surface area contributed by atoms with E-state index in [1.165, 1.54) is 18.2 Å². The molecule has 0 unspecified atom stereocenters. The third kappa shape index (κ3) is 3.55. The number of amides is 1. The number of anilines is 1. The molecule has 3 aromatic carbocycles. The summed E-state index contributed by atoms with van der Waals surface area (Å²) >= 11 is 0. The van der Waals surface area contributed by atoms with Crippen molar-refractivity contribution in [3.63, 3.8) is 0 Å². The summed E-state index contributed by atoms with van der Waals surface area (Å²) in [5.74, 6) is -0.0673. The van der Waals surface area contributed by atoms with Gasteiger partial charge in [0.25, 0.3) is 5.69 Å². The Bertz CT molecular complexity index is 1050. The maximum atomic E-state index is 12.3. The number of hydrogen-bond donors (Lipinski definition) is 2. The molecule has 7 heteroatoms. The van der Waals surface area contributed by atoms with Crippen LogP contribution in [0.4, 0.5) is 16.2 Å². The van der Waals surface area contributed by atoms with Crippen molar-refractivity contribution in [1.82, 2.24) is 0 Å². The zero-order chi connectivity index (χ0) is 20.4. The minimum atomic E-state index is -0.685. The summed E-state index contributed by atoms with van der Waals surface area (Å²) in [7, 11) is 0.